The third-order valence-corrected chi connectivity index (χ3v) is 1.04. The monoisotopic (exact) mass is 121 g/mol. The van der Waals surface area contributed by atoms with E-state index in [1.54, 1.807) is 6.26 Å². The van der Waals surface area contributed by atoms with E-state index in [0.29, 0.717) is 6.42 Å². The standard InChI is InChI=1S/C7H7NO/c1-6-4-7(2-3-8)9-5-6/h4-5H,2H2,1H3. The third kappa shape index (κ3) is 1.33. The Balaban J connectivity index is 2.76. The zero-order chi connectivity index (χ0) is 6.69. The fourth-order valence-electron chi connectivity index (χ4n) is 0.661. The molecule has 0 radical (unpaired) electrons. The Morgan fingerprint density at radius 3 is 3.00 bits per heavy atom. The zero-order valence-electron chi connectivity index (χ0n) is 5.22. The van der Waals surface area contributed by atoms with E-state index in [0.717, 1.165) is 11.3 Å². The minimum atomic E-state index is 0.369. The van der Waals surface area contributed by atoms with Gasteiger partial charge in [0.25, 0.3) is 0 Å². The van der Waals surface area contributed by atoms with Crippen LogP contribution in [0.1, 0.15) is 11.3 Å². The minimum Gasteiger partial charge on any atom is -0.468 e. The van der Waals surface area contributed by atoms with Gasteiger partial charge in [0.1, 0.15) is 5.76 Å². The smallest absolute Gasteiger partial charge is 0.118 e. The normalized spacial score (nSPS) is 8.89. The quantitative estimate of drug-likeness (QED) is 0.566. The molecule has 0 saturated carbocycles. The Morgan fingerprint density at radius 1 is 1.78 bits per heavy atom. The maximum atomic E-state index is 8.22. The lowest BCUT2D eigenvalue weighted by molar-refractivity contribution is 0.523. The van der Waals surface area contributed by atoms with Crippen LogP contribution >= 0.6 is 0 Å². The van der Waals surface area contributed by atoms with Gasteiger partial charge < -0.3 is 4.42 Å². The van der Waals surface area contributed by atoms with Crippen LogP contribution in [0.3, 0.4) is 0 Å². The highest BCUT2D eigenvalue weighted by Gasteiger charge is 1.94. The van der Waals surface area contributed by atoms with Gasteiger partial charge in [-0.1, -0.05) is 0 Å². The molecule has 9 heavy (non-hydrogen) atoms. The lowest BCUT2D eigenvalue weighted by Gasteiger charge is -1.77. The van der Waals surface area contributed by atoms with E-state index in [9.17, 15) is 0 Å². The molecule has 0 bridgehead atoms. The summed E-state index contributed by atoms with van der Waals surface area (Å²) in [6.45, 7) is 1.93. The maximum Gasteiger partial charge on any atom is 0.118 e. The van der Waals surface area contributed by atoms with Crippen LogP contribution in [-0.4, -0.2) is 0 Å². The number of nitriles is 1. The number of hydrogen-bond acceptors (Lipinski definition) is 2. The molecule has 0 aromatic carbocycles. The molecule has 2 nitrogen and oxygen atoms in total. The summed E-state index contributed by atoms with van der Waals surface area (Å²) in [5, 5.41) is 8.22. The molecule has 1 aromatic rings. The van der Waals surface area contributed by atoms with Gasteiger partial charge in [0, 0.05) is 0 Å². The van der Waals surface area contributed by atoms with Crippen LogP contribution in [0.2, 0.25) is 0 Å². The van der Waals surface area contributed by atoms with E-state index >= 15 is 0 Å². The van der Waals surface area contributed by atoms with Crippen molar-refractivity contribution >= 4 is 0 Å². The molecule has 0 spiro atoms. The first-order valence-corrected chi connectivity index (χ1v) is 2.74. The summed E-state index contributed by atoms with van der Waals surface area (Å²) in [5.41, 5.74) is 1.07. The van der Waals surface area contributed by atoms with Gasteiger partial charge in [-0.2, -0.15) is 5.26 Å². The molecule has 0 aliphatic heterocycles. The molecule has 0 unspecified atom stereocenters. The Bertz CT molecular complexity index is 231. The van der Waals surface area contributed by atoms with Crippen LogP contribution < -0.4 is 0 Å². The summed E-state index contributed by atoms with van der Waals surface area (Å²) in [7, 11) is 0. The third-order valence-electron chi connectivity index (χ3n) is 1.04. The number of aryl methyl sites for hydroxylation is 1. The van der Waals surface area contributed by atoms with Crippen LogP contribution in [-0.2, 0) is 6.42 Å². The van der Waals surface area contributed by atoms with Crippen LogP contribution in [0.4, 0.5) is 0 Å². The minimum absolute atomic E-state index is 0.369. The van der Waals surface area contributed by atoms with E-state index in [-0.39, 0.29) is 0 Å². The van der Waals surface area contributed by atoms with Gasteiger partial charge in [-0.3, -0.25) is 0 Å². The number of nitrogens with zero attached hydrogens (tertiary/aromatic N) is 1. The summed E-state index contributed by atoms with van der Waals surface area (Å²) in [4.78, 5) is 0. The van der Waals surface area contributed by atoms with Gasteiger partial charge in [-0.15, -0.1) is 0 Å². The Labute approximate surface area is 53.7 Å². The van der Waals surface area contributed by atoms with Crippen molar-refractivity contribution in [1.29, 1.82) is 5.26 Å². The first-order valence-electron chi connectivity index (χ1n) is 2.74. The van der Waals surface area contributed by atoms with E-state index in [4.69, 9.17) is 9.68 Å². The molecule has 0 amide bonds. The summed E-state index contributed by atoms with van der Waals surface area (Å²) in [6.07, 6.45) is 2.01. The molecular formula is C7H7NO. The first-order chi connectivity index (χ1) is 4.33. The van der Waals surface area contributed by atoms with Gasteiger partial charge in [0.05, 0.1) is 18.8 Å². The van der Waals surface area contributed by atoms with Crippen molar-refractivity contribution in [3.63, 3.8) is 0 Å². The fraction of sp³-hybridized carbons (Fsp3) is 0.286. The molecule has 0 atom stereocenters. The average Bonchev–Trinajstić information content (AvgIpc) is 2.17. The summed E-state index contributed by atoms with van der Waals surface area (Å²) < 4.78 is 4.98. The van der Waals surface area contributed by atoms with Crippen molar-refractivity contribution in [2.75, 3.05) is 0 Å². The van der Waals surface area contributed by atoms with Crippen LogP contribution in [0.25, 0.3) is 0 Å². The van der Waals surface area contributed by atoms with Gasteiger partial charge >= 0.3 is 0 Å². The lowest BCUT2D eigenvalue weighted by Crippen LogP contribution is -1.71. The van der Waals surface area contributed by atoms with E-state index in [2.05, 4.69) is 0 Å². The van der Waals surface area contributed by atoms with Crippen molar-refractivity contribution in [1.82, 2.24) is 0 Å². The highest BCUT2D eigenvalue weighted by molar-refractivity contribution is 5.12. The van der Waals surface area contributed by atoms with Gasteiger partial charge in [-0.25, -0.2) is 0 Å². The number of rotatable bonds is 1. The van der Waals surface area contributed by atoms with E-state index in [1.807, 2.05) is 19.1 Å². The summed E-state index contributed by atoms with van der Waals surface area (Å²) >= 11 is 0. The van der Waals surface area contributed by atoms with E-state index in [1.165, 1.54) is 0 Å². The van der Waals surface area contributed by atoms with Crippen molar-refractivity contribution in [2.45, 2.75) is 13.3 Å². The topological polar surface area (TPSA) is 36.9 Å². The second kappa shape index (κ2) is 2.36. The maximum absolute atomic E-state index is 8.22. The largest absolute Gasteiger partial charge is 0.468 e. The van der Waals surface area contributed by atoms with Crippen LogP contribution in [0.15, 0.2) is 16.7 Å². The van der Waals surface area contributed by atoms with Crippen molar-refractivity contribution in [3.05, 3.63) is 23.7 Å². The number of furan rings is 1. The van der Waals surface area contributed by atoms with Gasteiger partial charge in [0.2, 0.25) is 0 Å². The van der Waals surface area contributed by atoms with Gasteiger partial charge in [-0.05, 0) is 18.6 Å². The first kappa shape index (κ1) is 5.90. The highest BCUT2D eigenvalue weighted by atomic mass is 16.3. The van der Waals surface area contributed by atoms with Crippen molar-refractivity contribution < 1.29 is 4.42 Å². The zero-order valence-corrected chi connectivity index (χ0v) is 5.22. The molecule has 1 heterocycles. The average molecular weight is 121 g/mol. The molecule has 0 aliphatic rings. The predicted octanol–water partition coefficient (Wildman–Crippen LogP) is 1.65. The molecular weight excluding hydrogens is 114 g/mol. The SMILES string of the molecule is Cc1coc(CC#N)c1. The molecule has 1 rings (SSSR count). The summed E-state index contributed by atoms with van der Waals surface area (Å²) in [5.74, 6) is 0.745. The molecule has 0 saturated heterocycles. The summed E-state index contributed by atoms with van der Waals surface area (Å²) in [6, 6.07) is 3.87. The Morgan fingerprint density at radius 2 is 2.56 bits per heavy atom. The van der Waals surface area contributed by atoms with Crippen molar-refractivity contribution in [2.24, 2.45) is 0 Å². The molecule has 0 aliphatic carbocycles. The molecule has 0 fully saturated rings. The predicted molar refractivity (Wildman–Crippen MR) is 32.8 cm³/mol. The Hall–Kier alpha value is -1.23. The lowest BCUT2D eigenvalue weighted by atomic mass is 10.3. The van der Waals surface area contributed by atoms with Gasteiger partial charge in [0.15, 0.2) is 0 Å². The molecule has 1 aromatic heterocycles. The second-order valence-electron chi connectivity index (χ2n) is 1.93. The van der Waals surface area contributed by atoms with Crippen molar-refractivity contribution in [3.8, 4) is 6.07 Å². The Kier molecular flexibility index (Phi) is 1.55. The molecule has 0 N–H and O–H groups in total. The number of hydrogen-bond donors (Lipinski definition) is 0. The van der Waals surface area contributed by atoms with Crippen LogP contribution in [0.5, 0.6) is 0 Å². The molecule has 46 valence electrons. The second-order valence-corrected chi connectivity index (χ2v) is 1.93. The van der Waals surface area contributed by atoms with E-state index < -0.39 is 0 Å². The molecule has 2 heteroatoms. The fourth-order valence-corrected chi connectivity index (χ4v) is 0.661. The highest BCUT2D eigenvalue weighted by Crippen LogP contribution is 2.05. The van der Waals surface area contributed by atoms with Crippen LogP contribution in [0, 0.1) is 18.3 Å².